The summed E-state index contributed by atoms with van der Waals surface area (Å²) in [5, 5.41) is 3.36. The average Bonchev–Trinajstić information content (AvgIpc) is 2.75. The van der Waals surface area contributed by atoms with Crippen molar-refractivity contribution in [2.45, 2.75) is 32.2 Å². The highest BCUT2D eigenvalue weighted by atomic mass is 16.5. The van der Waals surface area contributed by atoms with Crippen molar-refractivity contribution in [1.82, 2.24) is 4.98 Å². The Hall–Kier alpha value is -1.58. The maximum atomic E-state index is 11.6. The first kappa shape index (κ1) is 11.9. The highest BCUT2D eigenvalue weighted by Gasteiger charge is 2.25. The van der Waals surface area contributed by atoms with Gasteiger partial charge in [-0.3, -0.25) is 0 Å². The fraction of sp³-hybridized carbons (Fsp3) is 0.538. The van der Waals surface area contributed by atoms with E-state index in [1.54, 1.807) is 18.3 Å². The van der Waals surface area contributed by atoms with E-state index in [1.807, 2.05) is 0 Å². The number of ether oxygens (including phenoxy) is 1. The van der Waals surface area contributed by atoms with Crippen molar-refractivity contribution >= 4 is 11.8 Å². The number of carbonyl (C=O) groups excluding carboxylic acids is 1. The summed E-state index contributed by atoms with van der Waals surface area (Å²) in [5.74, 6) is 0.923. The van der Waals surface area contributed by atoms with Crippen LogP contribution in [0.5, 0.6) is 0 Å². The molecule has 1 aromatic rings. The van der Waals surface area contributed by atoms with Gasteiger partial charge in [-0.25, -0.2) is 9.78 Å². The molecule has 92 valence electrons. The second-order valence-electron chi connectivity index (χ2n) is 4.55. The lowest BCUT2D eigenvalue weighted by Gasteiger charge is -2.19. The Morgan fingerprint density at radius 3 is 3.00 bits per heavy atom. The van der Waals surface area contributed by atoms with Crippen molar-refractivity contribution < 1.29 is 9.53 Å². The molecule has 1 aliphatic rings. The van der Waals surface area contributed by atoms with Gasteiger partial charge in [-0.05, 0) is 30.9 Å². The Morgan fingerprint density at radius 2 is 2.35 bits per heavy atom. The number of hydrogen-bond acceptors (Lipinski definition) is 4. The Bertz CT molecular complexity index is 406. The van der Waals surface area contributed by atoms with Gasteiger partial charge in [-0.2, -0.15) is 0 Å². The molecule has 0 aromatic carbocycles. The number of hydrogen-bond donors (Lipinski definition) is 1. The summed E-state index contributed by atoms with van der Waals surface area (Å²) in [7, 11) is 1.39. The summed E-state index contributed by atoms with van der Waals surface area (Å²) in [4.78, 5) is 15.8. The molecule has 1 fully saturated rings. The fourth-order valence-corrected chi connectivity index (χ4v) is 2.33. The quantitative estimate of drug-likeness (QED) is 0.816. The minimum atomic E-state index is -0.341. The van der Waals surface area contributed by atoms with Crippen LogP contribution >= 0.6 is 0 Å². The zero-order valence-corrected chi connectivity index (χ0v) is 10.3. The number of esters is 1. The first-order valence-electron chi connectivity index (χ1n) is 6.02. The van der Waals surface area contributed by atoms with E-state index in [0.29, 0.717) is 23.3 Å². The summed E-state index contributed by atoms with van der Waals surface area (Å²) >= 11 is 0. The summed E-state index contributed by atoms with van der Waals surface area (Å²) in [6.07, 6.45) is 5.30. The molecule has 0 radical (unpaired) electrons. The SMILES string of the molecule is COC(=O)c1cccnc1NC1CCCC1C. The van der Waals surface area contributed by atoms with E-state index in [-0.39, 0.29) is 5.97 Å². The van der Waals surface area contributed by atoms with Crippen LogP contribution in [0.3, 0.4) is 0 Å². The van der Waals surface area contributed by atoms with Gasteiger partial charge in [0.25, 0.3) is 0 Å². The molecular formula is C13H18N2O2. The minimum absolute atomic E-state index is 0.341. The van der Waals surface area contributed by atoms with Gasteiger partial charge in [-0.15, -0.1) is 0 Å². The van der Waals surface area contributed by atoms with Crippen molar-refractivity contribution in [3.8, 4) is 0 Å². The van der Waals surface area contributed by atoms with Crippen LogP contribution in [0.4, 0.5) is 5.82 Å². The van der Waals surface area contributed by atoms with Crippen molar-refractivity contribution in [2.75, 3.05) is 12.4 Å². The van der Waals surface area contributed by atoms with Gasteiger partial charge in [0.15, 0.2) is 0 Å². The zero-order valence-electron chi connectivity index (χ0n) is 10.3. The van der Waals surface area contributed by atoms with Gasteiger partial charge in [0.2, 0.25) is 0 Å². The molecule has 0 saturated heterocycles. The van der Waals surface area contributed by atoms with Crippen molar-refractivity contribution in [3.05, 3.63) is 23.9 Å². The molecule has 4 nitrogen and oxygen atoms in total. The predicted octanol–water partition coefficient (Wildman–Crippen LogP) is 2.47. The first-order chi connectivity index (χ1) is 8.22. The third-order valence-electron chi connectivity index (χ3n) is 3.40. The van der Waals surface area contributed by atoms with E-state index in [1.165, 1.54) is 20.0 Å². The topological polar surface area (TPSA) is 51.2 Å². The lowest BCUT2D eigenvalue weighted by molar-refractivity contribution is 0.0601. The van der Waals surface area contributed by atoms with Gasteiger partial charge >= 0.3 is 5.97 Å². The van der Waals surface area contributed by atoms with Gasteiger partial charge in [0.05, 0.1) is 7.11 Å². The number of pyridine rings is 1. The molecule has 2 atom stereocenters. The highest BCUT2D eigenvalue weighted by Crippen LogP contribution is 2.28. The zero-order chi connectivity index (χ0) is 12.3. The molecule has 17 heavy (non-hydrogen) atoms. The third-order valence-corrected chi connectivity index (χ3v) is 3.40. The number of aromatic nitrogens is 1. The highest BCUT2D eigenvalue weighted by molar-refractivity contribution is 5.94. The first-order valence-corrected chi connectivity index (χ1v) is 6.02. The number of nitrogens with one attached hydrogen (secondary N) is 1. The number of rotatable bonds is 3. The summed E-state index contributed by atoms with van der Waals surface area (Å²) in [5.41, 5.74) is 0.508. The Balaban J connectivity index is 2.17. The lowest BCUT2D eigenvalue weighted by Crippen LogP contribution is -2.24. The van der Waals surface area contributed by atoms with Gasteiger partial charge < -0.3 is 10.1 Å². The Labute approximate surface area is 101 Å². The normalized spacial score (nSPS) is 23.4. The summed E-state index contributed by atoms with van der Waals surface area (Å²) in [6, 6.07) is 3.89. The maximum absolute atomic E-state index is 11.6. The molecule has 0 spiro atoms. The van der Waals surface area contributed by atoms with E-state index < -0.39 is 0 Å². The number of anilines is 1. The van der Waals surface area contributed by atoms with Crippen LogP contribution in [-0.2, 0) is 4.74 Å². The van der Waals surface area contributed by atoms with Gasteiger partial charge in [0.1, 0.15) is 11.4 Å². The lowest BCUT2D eigenvalue weighted by atomic mass is 10.1. The van der Waals surface area contributed by atoms with Gasteiger partial charge in [0, 0.05) is 12.2 Å². The summed E-state index contributed by atoms with van der Waals surface area (Å²) in [6.45, 7) is 2.23. The van der Waals surface area contributed by atoms with Crippen LogP contribution in [0.15, 0.2) is 18.3 Å². The van der Waals surface area contributed by atoms with Crippen LogP contribution in [0.1, 0.15) is 36.5 Å². The molecule has 1 N–H and O–H groups in total. The third kappa shape index (κ3) is 2.57. The minimum Gasteiger partial charge on any atom is -0.465 e. The molecule has 4 heteroatoms. The van der Waals surface area contributed by atoms with Crippen LogP contribution in [0, 0.1) is 5.92 Å². The number of nitrogens with zero attached hydrogens (tertiary/aromatic N) is 1. The maximum Gasteiger partial charge on any atom is 0.341 e. The summed E-state index contributed by atoms with van der Waals surface area (Å²) < 4.78 is 4.75. The monoisotopic (exact) mass is 234 g/mol. The van der Waals surface area contributed by atoms with E-state index in [0.717, 1.165) is 6.42 Å². The fourth-order valence-electron chi connectivity index (χ4n) is 2.33. The number of carbonyl (C=O) groups is 1. The Morgan fingerprint density at radius 1 is 1.53 bits per heavy atom. The van der Waals surface area contributed by atoms with Crippen LogP contribution in [0.2, 0.25) is 0 Å². The van der Waals surface area contributed by atoms with Crippen molar-refractivity contribution in [1.29, 1.82) is 0 Å². The molecular weight excluding hydrogens is 216 g/mol. The molecule has 1 saturated carbocycles. The number of methoxy groups -OCH3 is 1. The predicted molar refractivity (Wildman–Crippen MR) is 66.0 cm³/mol. The molecule has 1 heterocycles. The van der Waals surface area contributed by atoms with E-state index in [9.17, 15) is 4.79 Å². The van der Waals surface area contributed by atoms with Crippen LogP contribution < -0.4 is 5.32 Å². The van der Waals surface area contributed by atoms with E-state index >= 15 is 0 Å². The van der Waals surface area contributed by atoms with Crippen molar-refractivity contribution in [2.24, 2.45) is 5.92 Å². The van der Waals surface area contributed by atoms with Crippen LogP contribution in [-0.4, -0.2) is 24.1 Å². The second-order valence-corrected chi connectivity index (χ2v) is 4.55. The van der Waals surface area contributed by atoms with E-state index in [4.69, 9.17) is 4.74 Å². The molecule has 0 bridgehead atoms. The van der Waals surface area contributed by atoms with E-state index in [2.05, 4.69) is 17.2 Å². The standard InChI is InChI=1S/C13H18N2O2/c1-9-5-3-7-11(9)15-12-10(13(16)17-2)6-4-8-14-12/h4,6,8-9,11H,3,5,7H2,1-2H3,(H,14,15). The molecule has 1 aromatic heterocycles. The van der Waals surface area contributed by atoms with Crippen molar-refractivity contribution in [3.63, 3.8) is 0 Å². The molecule has 0 amide bonds. The average molecular weight is 234 g/mol. The molecule has 1 aliphatic carbocycles. The Kier molecular flexibility index (Phi) is 3.61. The molecule has 2 unspecified atom stereocenters. The molecule has 2 rings (SSSR count). The van der Waals surface area contributed by atoms with Crippen LogP contribution in [0.25, 0.3) is 0 Å². The van der Waals surface area contributed by atoms with Gasteiger partial charge in [-0.1, -0.05) is 13.3 Å². The molecule has 0 aliphatic heterocycles. The second kappa shape index (κ2) is 5.17. The largest absolute Gasteiger partial charge is 0.465 e. The smallest absolute Gasteiger partial charge is 0.341 e.